The second-order valence-electron chi connectivity index (χ2n) is 4.94. The van der Waals surface area contributed by atoms with Crippen LogP contribution in [-0.2, 0) is 6.42 Å². The van der Waals surface area contributed by atoms with E-state index in [0.29, 0.717) is 0 Å². The highest BCUT2D eigenvalue weighted by molar-refractivity contribution is 5.27. The normalized spacial score (nSPS) is 12.4. The first kappa shape index (κ1) is 15.0. The third-order valence-corrected chi connectivity index (χ3v) is 3.03. The zero-order valence-corrected chi connectivity index (χ0v) is 11.7. The highest BCUT2D eigenvalue weighted by atomic mass is 16.5. The molecule has 2 nitrogen and oxygen atoms in total. The van der Waals surface area contributed by atoms with Crippen molar-refractivity contribution in [1.82, 2.24) is 0 Å². The summed E-state index contributed by atoms with van der Waals surface area (Å²) in [6.07, 6.45) is 6.34. The molecule has 2 heteroatoms. The third kappa shape index (κ3) is 6.65. The number of ether oxygens (including phenoxy) is 1. The Balaban J connectivity index is 2.18. The van der Waals surface area contributed by atoms with Gasteiger partial charge >= 0.3 is 0 Å². The summed E-state index contributed by atoms with van der Waals surface area (Å²) in [5.74, 6) is 0.951. The molecule has 0 aliphatic rings. The van der Waals surface area contributed by atoms with Crippen LogP contribution in [0.2, 0.25) is 0 Å². The SMILES string of the molecule is CCCCc1ccc(OCCCCC(C)O)cc1. The van der Waals surface area contributed by atoms with E-state index in [0.717, 1.165) is 38.0 Å². The van der Waals surface area contributed by atoms with Gasteiger partial charge in [0.15, 0.2) is 0 Å². The molecular formula is C16H26O2. The Bertz CT molecular complexity index is 303. The van der Waals surface area contributed by atoms with Crippen LogP contribution < -0.4 is 4.74 Å². The van der Waals surface area contributed by atoms with Gasteiger partial charge in [-0.05, 0) is 56.7 Å². The number of hydrogen-bond acceptors (Lipinski definition) is 2. The van der Waals surface area contributed by atoms with Gasteiger partial charge in [-0.25, -0.2) is 0 Å². The molecular weight excluding hydrogens is 224 g/mol. The van der Waals surface area contributed by atoms with Gasteiger partial charge < -0.3 is 9.84 Å². The Kier molecular flexibility index (Phi) is 7.51. The molecule has 1 rings (SSSR count). The highest BCUT2D eigenvalue weighted by Gasteiger charge is 1.98. The molecule has 18 heavy (non-hydrogen) atoms. The maximum atomic E-state index is 9.13. The summed E-state index contributed by atoms with van der Waals surface area (Å²) in [7, 11) is 0. The van der Waals surface area contributed by atoms with Gasteiger partial charge in [0, 0.05) is 0 Å². The van der Waals surface area contributed by atoms with Gasteiger partial charge in [0.05, 0.1) is 12.7 Å². The van der Waals surface area contributed by atoms with E-state index in [-0.39, 0.29) is 6.10 Å². The maximum Gasteiger partial charge on any atom is 0.119 e. The van der Waals surface area contributed by atoms with Crippen LogP contribution in [0, 0.1) is 0 Å². The van der Waals surface area contributed by atoms with Gasteiger partial charge in [-0.15, -0.1) is 0 Å². The van der Waals surface area contributed by atoms with Crippen molar-refractivity contribution in [3.8, 4) is 5.75 Å². The Morgan fingerprint density at radius 1 is 1.11 bits per heavy atom. The summed E-state index contributed by atoms with van der Waals surface area (Å²) >= 11 is 0. The lowest BCUT2D eigenvalue weighted by atomic mass is 10.1. The lowest BCUT2D eigenvalue weighted by Gasteiger charge is -2.08. The molecule has 0 aliphatic carbocycles. The van der Waals surface area contributed by atoms with Crippen LogP contribution >= 0.6 is 0 Å². The van der Waals surface area contributed by atoms with Crippen molar-refractivity contribution in [1.29, 1.82) is 0 Å². The van der Waals surface area contributed by atoms with Crippen LogP contribution in [0.4, 0.5) is 0 Å². The molecule has 102 valence electrons. The summed E-state index contributed by atoms with van der Waals surface area (Å²) in [4.78, 5) is 0. The molecule has 0 spiro atoms. The number of hydrogen-bond donors (Lipinski definition) is 1. The van der Waals surface area contributed by atoms with Gasteiger partial charge in [-0.2, -0.15) is 0 Å². The van der Waals surface area contributed by atoms with Gasteiger partial charge in [-0.1, -0.05) is 25.5 Å². The Labute approximate surface area is 111 Å². The van der Waals surface area contributed by atoms with Crippen molar-refractivity contribution in [3.63, 3.8) is 0 Å². The van der Waals surface area contributed by atoms with E-state index in [1.165, 1.54) is 18.4 Å². The van der Waals surface area contributed by atoms with Crippen molar-refractivity contribution in [2.45, 2.75) is 58.5 Å². The van der Waals surface area contributed by atoms with Gasteiger partial charge in [0.1, 0.15) is 5.75 Å². The van der Waals surface area contributed by atoms with Crippen molar-refractivity contribution >= 4 is 0 Å². The molecule has 0 radical (unpaired) electrons. The number of aryl methyl sites for hydroxylation is 1. The lowest BCUT2D eigenvalue weighted by Crippen LogP contribution is -2.02. The standard InChI is InChI=1S/C16H26O2/c1-3-4-8-15-9-11-16(12-10-15)18-13-6-5-7-14(2)17/h9-12,14,17H,3-8,13H2,1-2H3. The Morgan fingerprint density at radius 3 is 2.44 bits per heavy atom. The van der Waals surface area contributed by atoms with Gasteiger partial charge in [0.2, 0.25) is 0 Å². The summed E-state index contributed by atoms with van der Waals surface area (Å²) in [5, 5.41) is 9.13. The highest BCUT2D eigenvalue weighted by Crippen LogP contribution is 2.14. The largest absolute Gasteiger partial charge is 0.494 e. The van der Waals surface area contributed by atoms with E-state index < -0.39 is 0 Å². The third-order valence-electron chi connectivity index (χ3n) is 3.03. The monoisotopic (exact) mass is 250 g/mol. The van der Waals surface area contributed by atoms with Crippen molar-refractivity contribution in [2.75, 3.05) is 6.61 Å². The smallest absolute Gasteiger partial charge is 0.119 e. The predicted octanol–water partition coefficient (Wildman–Crippen LogP) is 3.96. The average molecular weight is 250 g/mol. The Morgan fingerprint density at radius 2 is 1.83 bits per heavy atom. The molecule has 0 bridgehead atoms. The second-order valence-corrected chi connectivity index (χ2v) is 4.94. The first-order valence-corrected chi connectivity index (χ1v) is 7.12. The number of aliphatic hydroxyl groups is 1. The molecule has 1 N–H and O–H groups in total. The molecule has 0 amide bonds. The van der Waals surface area contributed by atoms with E-state index in [4.69, 9.17) is 9.84 Å². The van der Waals surface area contributed by atoms with Crippen LogP contribution in [0.5, 0.6) is 5.75 Å². The number of aliphatic hydroxyl groups excluding tert-OH is 1. The maximum absolute atomic E-state index is 9.13. The second kappa shape index (κ2) is 8.98. The van der Waals surface area contributed by atoms with Crippen LogP contribution in [-0.4, -0.2) is 17.8 Å². The molecule has 0 saturated heterocycles. The van der Waals surface area contributed by atoms with E-state index >= 15 is 0 Å². The summed E-state index contributed by atoms with van der Waals surface area (Å²) in [6.45, 7) is 4.78. The van der Waals surface area contributed by atoms with Crippen LogP contribution in [0.3, 0.4) is 0 Å². The topological polar surface area (TPSA) is 29.5 Å². The predicted molar refractivity (Wildman–Crippen MR) is 76.1 cm³/mol. The first-order valence-electron chi connectivity index (χ1n) is 7.12. The van der Waals surface area contributed by atoms with Gasteiger partial charge in [-0.3, -0.25) is 0 Å². The fraction of sp³-hybridized carbons (Fsp3) is 0.625. The molecule has 0 aliphatic heterocycles. The number of benzene rings is 1. The Hall–Kier alpha value is -1.02. The molecule has 1 aromatic carbocycles. The zero-order chi connectivity index (χ0) is 13.2. The van der Waals surface area contributed by atoms with Crippen molar-refractivity contribution < 1.29 is 9.84 Å². The minimum atomic E-state index is -0.192. The first-order chi connectivity index (χ1) is 8.72. The number of unbranched alkanes of at least 4 members (excludes halogenated alkanes) is 2. The molecule has 0 saturated carbocycles. The molecule has 1 unspecified atom stereocenters. The van der Waals surface area contributed by atoms with Crippen LogP contribution in [0.1, 0.15) is 51.5 Å². The number of rotatable bonds is 9. The molecule has 0 heterocycles. The van der Waals surface area contributed by atoms with E-state index in [1.807, 2.05) is 6.92 Å². The lowest BCUT2D eigenvalue weighted by molar-refractivity contribution is 0.177. The molecule has 0 fully saturated rings. The summed E-state index contributed by atoms with van der Waals surface area (Å²) in [6, 6.07) is 8.42. The minimum Gasteiger partial charge on any atom is -0.494 e. The summed E-state index contributed by atoms with van der Waals surface area (Å²) < 4.78 is 5.67. The van der Waals surface area contributed by atoms with Crippen LogP contribution in [0.15, 0.2) is 24.3 Å². The molecule has 0 aromatic heterocycles. The molecule has 1 atom stereocenters. The van der Waals surface area contributed by atoms with Crippen molar-refractivity contribution in [2.24, 2.45) is 0 Å². The van der Waals surface area contributed by atoms with E-state index in [1.54, 1.807) is 0 Å². The minimum absolute atomic E-state index is 0.192. The van der Waals surface area contributed by atoms with Gasteiger partial charge in [0.25, 0.3) is 0 Å². The zero-order valence-electron chi connectivity index (χ0n) is 11.7. The average Bonchev–Trinajstić information content (AvgIpc) is 2.37. The fourth-order valence-electron chi connectivity index (χ4n) is 1.87. The van der Waals surface area contributed by atoms with Crippen LogP contribution in [0.25, 0.3) is 0 Å². The summed E-state index contributed by atoms with van der Waals surface area (Å²) in [5.41, 5.74) is 1.39. The molecule has 1 aromatic rings. The fourth-order valence-corrected chi connectivity index (χ4v) is 1.87. The van der Waals surface area contributed by atoms with E-state index in [9.17, 15) is 0 Å². The van der Waals surface area contributed by atoms with E-state index in [2.05, 4.69) is 31.2 Å². The quantitative estimate of drug-likeness (QED) is 0.672. The van der Waals surface area contributed by atoms with Crippen molar-refractivity contribution in [3.05, 3.63) is 29.8 Å².